The highest BCUT2D eigenvalue weighted by molar-refractivity contribution is 5.44. The highest BCUT2D eigenvalue weighted by atomic mass is 19.4. The van der Waals surface area contributed by atoms with Crippen LogP contribution >= 0.6 is 0 Å². The molecule has 1 fully saturated rings. The Labute approximate surface area is 108 Å². The minimum absolute atomic E-state index is 0.0567. The molecule has 2 unspecified atom stereocenters. The number of nitrogen functional groups attached to an aromatic ring is 1. The van der Waals surface area contributed by atoms with Gasteiger partial charge in [-0.15, -0.1) is 0 Å². The van der Waals surface area contributed by atoms with Crippen LogP contribution in [-0.2, 0) is 6.18 Å². The number of aliphatic hydroxyl groups excluding tert-OH is 1. The molecule has 1 aromatic rings. The standard InChI is InChI=1S/C11H15F3N4O/c12-11(13,14)10-17-8(15)4-9(18-10)16-5-6-1-2-7(19)3-6/h4,6-7,19H,1-3,5H2,(H3,15,16,17,18). The molecule has 0 aromatic carbocycles. The van der Waals surface area contributed by atoms with Crippen LogP contribution in [0.2, 0.25) is 0 Å². The van der Waals surface area contributed by atoms with E-state index in [9.17, 15) is 18.3 Å². The number of hydrogen-bond acceptors (Lipinski definition) is 5. The summed E-state index contributed by atoms with van der Waals surface area (Å²) in [6, 6.07) is 1.26. The zero-order valence-electron chi connectivity index (χ0n) is 10.1. The quantitative estimate of drug-likeness (QED) is 0.781. The van der Waals surface area contributed by atoms with Crippen molar-refractivity contribution in [2.24, 2.45) is 5.92 Å². The molecule has 0 spiro atoms. The third kappa shape index (κ3) is 3.69. The third-order valence-electron chi connectivity index (χ3n) is 3.08. The Hall–Kier alpha value is -1.57. The predicted molar refractivity (Wildman–Crippen MR) is 63.3 cm³/mol. The van der Waals surface area contributed by atoms with Gasteiger partial charge in [-0.2, -0.15) is 13.2 Å². The summed E-state index contributed by atoms with van der Waals surface area (Å²) >= 11 is 0. The van der Waals surface area contributed by atoms with Crippen LogP contribution in [0.15, 0.2) is 6.07 Å². The highest BCUT2D eigenvalue weighted by Crippen LogP contribution is 2.28. The normalized spacial score (nSPS) is 23.6. The molecule has 8 heteroatoms. The largest absolute Gasteiger partial charge is 0.451 e. The molecule has 19 heavy (non-hydrogen) atoms. The monoisotopic (exact) mass is 276 g/mol. The molecule has 0 bridgehead atoms. The summed E-state index contributed by atoms with van der Waals surface area (Å²) in [5.74, 6) is -1.18. The minimum Gasteiger partial charge on any atom is -0.393 e. The van der Waals surface area contributed by atoms with Crippen molar-refractivity contribution >= 4 is 11.6 Å². The number of hydrogen-bond donors (Lipinski definition) is 3. The van der Waals surface area contributed by atoms with Gasteiger partial charge in [-0.05, 0) is 25.2 Å². The predicted octanol–water partition coefficient (Wildman–Crippen LogP) is 1.65. The van der Waals surface area contributed by atoms with E-state index in [0.29, 0.717) is 13.0 Å². The second-order valence-corrected chi connectivity index (χ2v) is 4.71. The molecular formula is C11H15F3N4O. The first-order valence-electron chi connectivity index (χ1n) is 5.98. The Balaban J connectivity index is 2.02. The summed E-state index contributed by atoms with van der Waals surface area (Å²) in [5.41, 5.74) is 5.33. The number of nitrogens with zero attached hydrogens (tertiary/aromatic N) is 2. The lowest BCUT2D eigenvalue weighted by molar-refractivity contribution is -0.144. The number of anilines is 2. The fraction of sp³-hybridized carbons (Fsp3) is 0.636. The third-order valence-corrected chi connectivity index (χ3v) is 3.08. The Morgan fingerprint density at radius 1 is 1.37 bits per heavy atom. The average molecular weight is 276 g/mol. The van der Waals surface area contributed by atoms with Crippen LogP contribution in [0.4, 0.5) is 24.8 Å². The number of aliphatic hydroxyl groups is 1. The van der Waals surface area contributed by atoms with Crippen LogP contribution in [-0.4, -0.2) is 27.7 Å². The number of alkyl halides is 3. The van der Waals surface area contributed by atoms with E-state index in [2.05, 4.69) is 15.3 Å². The summed E-state index contributed by atoms with van der Waals surface area (Å²) in [4.78, 5) is 6.55. The molecule has 2 rings (SSSR count). The van der Waals surface area contributed by atoms with Crippen molar-refractivity contribution in [2.75, 3.05) is 17.6 Å². The minimum atomic E-state index is -4.62. The first-order valence-corrected chi connectivity index (χ1v) is 5.98. The van der Waals surface area contributed by atoms with E-state index in [1.165, 1.54) is 6.07 Å². The van der Waals surface area contributed by atoms with E-state index >= 15 is 0 Å². The maximum Gasteiger partial charge on any atom is 0.451 e. The first-order chi connectivity index (χ1) is 8.84. The van der Waals surface area contributed by atoms with E-state index in [1.807, 2.05) is 0 Å². The molecule has 1 aromatic heterocycles. The van der Waals surface area contributed by atoms with Gasteiger partial charge in [0.05, 0.1) is 6.10 Å². The highest BCUT2D eigenvalue weighted by Gasteiger charge is 2.35. The zero-order valence-corrected chi connectivity index (χ0v) is 10.1. The lowest BCUT2D eigenvalue weighted by Gasteiger charge is -2.13. The van der Waals surface area contributed by atoms with Gasteiger partial charge in [0.15, 0.2) is 0 Å². The number of aromatic nitrogens is 2. The van der Waals surface area contributed by atoms with Crippen molar-refractivity contribution < 1.29 is 18.3 Å². The van der Waals surface area contributed by atoms with E-state index in [-0.39, 0.29) is 23.7 Å². The van der Waals surface area contributed by atoms with Gasteiger partial charge in [-0.25, -0.2) is 9.97 Å². The van der Waals surface area contributed by atoms with Crippen LogP contribution in [0, 0.1) is 5.92 Å². The summed E-state index contributed by atoms with van der Waals surface area (Å²) in [5, 5.41) is 12.2. The van der Waals surface area contributed by atoms with Gasteiger partial charge in [0, 0.05) is 12.6 Å². The Morgan fingerprint density at radius 3 is 2.68 bits per heavy atom. The van der Waals surface area contributed by atoms with Gasteiger partial charge < -0.3 is 16.2 Å². The van der Waals surface area contributed by atoms with E-state index in [0.717, 1.165) is 12.8 Å². The molecule has 1 aliphatic carbocycles. The van der Waals surface area contributed by atoms with Gasteiger partial charge in [0.2, 0.25) is 5.82 Å². The number of halogens is 3. The van der Waals surface area contributed by atoms with Gasteiger partial charge in [0.1, 0.15) is 11.6 Å². The average Bonchev–Trinajstić information content (AvgIpc) is 2.71. The van der Waals surface area contributed by atoms with Crippen molar-refractivity contribution in [2.45, 2.75) is 31.5 Å². The lowest BCUT2D eigenvalue weighted by Crippen LogP contribution is -2.17. The topological polar surface area (TPSA) is 84.1 Å². The maximum atomic E-state index is 12.5. The fourth-order valence-electron chi connectivity index (χ4n) is 2.17. The number of nitrogens with one attached hydrogen (secondary N) is 1. The molecule has 0 aliphatic heterocycles. The summed E-state index contributed by atoms with van der Waals surface area (Å²) in [6.07, 6.45) is -2.70. The van der Waals surface area contributed by atoms with Gasteiger partial charge in [0.25, 0.3) is 0 Å². The summed E-state index contributed by atoms with van der Waals surface area (Å²) in [7, 11) is 0. The van der Waals surface area contributed by atoms with Crippen molar-refractivity contribution in [3.05, 3.63) is 11.9 Å². The Morgan fingerprint density at radius 2 is 2.11 bits per heavy atom. The molecule has 4 N–H and O–H groups in total. The smallest absolute Gasteiger partial charge is 0.393 e. The van der Waals surface area contributed by atoms with Crippen LogP contribution in [0.1, 0.15) is 25.1 Å². The molecule has 1 saturated carbocycles. The molecule has 1 aliphatic rings. The van der Waals surface area contributed by atoms with E-state index < -0.39 is 12.0 Å². The molecule has 0 amide bonds. The SMILES string of the molecule is Nc1cc(NCC2CCC(O)C2)nc(C(F)(F)F)n1. The Bertz CT molecular complexity index is 452. The maximum absolute atomic E-state index is 12.5. The fourth-order valence-corrected chi connectivity index (χ4v) is 2.17. The van der Waals surface area contributed by atoms with Gasteiger partial charge >= 0.3 is 6.18 Å². The molecular weight excluding hydrogens is 261 g/mol. The lowest BCUT2D eigenvalue weighted by atomic mass is 10.1. The van der Waals surface area contributed by atoms with E-state index in [4.69, 9.17) is 5.73 Å². The molecule has 0 saturated heterocycles. The summed E-state index contributed by atoms with van der Waals surface area (Å²) in [6.45, 7) is 0.463. The zero-order chi connectivity index (χ0) is 14.0. The van der Waals surface area contributed by atoms with Crippen molar-refractivity contribution in [3.63, 3.8) is 0 Å². The molecule has 106 valence electrons. The van der Waals surface area contributed by atoms with Crippen molar-refractivity contribution in [3.8, 4) is 0 Å². The van der Waals surface area contributed by atoms with E-state index in [1.54, 1.807) is 0 Å². The van der Waals surface area contributed by atoms with Crippen LogP contribution in [0.5, 0.6) is 0 Å². The molecule has 1 heterocycles. The summed E-state index contributed by atoms with van der Waals surface area (Å²) < 4.78 is 37.5. The molecule has 0 radical (unpaired) electrons. The van der Waals surface area contributed by atoms with Gasteiger partial charge in [-0.1, -0.05) is 0 Å². The Kier molecular flexibility index (Phi) is 3.79. The van der Waals surface area contributed by atoms with Crippen LogP contribution in [0.3, 0.4) is 0 Å². The second kappa shape index (κ2) is 5.20. The number of nitrogens with two attached hydrogens (primary N) is 1. The van der Waals surface area contributed by atoms with Crippen molar-refractivity contribution in [1.29, 1.82) is 0 Å². The van der Waals surface area contributed by atoms with Crippen LogP contribution in [0.25, 0.3) is 0 Å². The molecule has 2 atom stereocenters. The number of rotatable bonds is 3. The molecule has 5 nitrogen and oxygen atoms in total. The first kappa shape index (κ1) is 13.9. The second-order valence-electron chi connectivity index (χ2n) is 4.71. The van der Waals surface area contributed by atoms with Crippen LogP contribution < -0.4 is 11.1 Å². The van der Waals surface area contributed by atoms with Gasteiger partial charge in [-0.3, -0.25) is 0 Å². The van der Waals surface area contributed by atoms with Crippen molar-refractivity contribution in [1.82, 2.24) is 9.97 Å².